The van der Waals surface area contributed by atoms with Crippen molar-refractivity contribution in [3.05, 3.63) is 39.7 Å². The van der Waals surface area contributed by atoms with Crippen LogP contribution in [0.25, 0.3) is 0 Å². The van der Waals surface area contributed by atoms with E-state index < -0.39 is 4.92 Å². The van der Waals surface area contributed by atoms with Crippen LogP contribution in [0.5, 0.6) is 0 Å². The molecule has 1 aromatic heterocycles. The second-order valence-corrected chi connectivity index (χ2v) is 3.46. The van der Waals surface area contributed by atoms with Crippen molar-refractivity contribution in [2.24, 2.45) is 0 Å². The molecule has 8 heteroatoms. The molecule has 1 aromatic carbocycles. The lowest BCUT2D eigenvalue weighted by Gasteiger charge is -2.05. The van der Waals surface area contributed by atoms with Gasteiger partial charge in [0.05, 0.1) is 11.5 Å². The molecule has 0 aliphatic carbocycles. The van der Waals surface area contributed by atoms with Gasteiger partial charge in [0.15, 0.2) is 5.82 Å². The second kappa shape index (κ2) is 4.56. The highest BCUT2D eigenvalue weighted by molar-refractivity contribution is 5.62. The van der Waals surface area contributed by atoms with Crippen molar-refractivity contribution < 1.29 is 4.92 Å². The van der Waals surface area contributed by atoms with Crippen LogP contribution in [-0.2, 0) is 6.54 Å². The highest BCUT2D eigenvalue weighted by atomic mass is 16.6. The molecule has 0 radical (unpaired) electrons. The zero-order valence-electron chi connectivity index (χ0n) is 9.04. The van der Waals surface area contributed by atoms with Crippen LogP contribution in [0.15, 0.2) is 18.2 Å². The summed E-state index contributed by atoms with van der Waals surface area (Å²) in [5.41, 5.74) is 1.31. The quantitative estimate of drug-likeness (QED) is 0.603. The van der Waals surface area contributed by atoms with Crippen molar-refractivity contribution in [2.75, 3.05) is 5.32 Å². The van der Waals surface area contributed by atoms with Crippen LogP contribution in [0.1, 0.15) is 11.4 Å². The average molecular weight is 234 g/mol. The Labute approximate surface area is 96.2 Å². The summed E-state index contributed by atoms with van der Waals surface area (Å²) in [6.07, 6.45) is 0. The predicted molar refractivity (Wildman–Crippen MR) is 59.3 cm³/mol. The summed E-state index contributed by atoms with van der Waals surface area (Å²) in [5, 5.41) is 26.9. The number of aryl methyl sites for hydroxylation is 1. The van der Waals surface area contributed by atoms with Gasteiger partial charge < -0.3 is 5.32 Å². The number of anilines is 1. The van der Waals surface area contributed by atoms with Gasteiger partial charge in [-0.3, -0.25) is 10.1 Å². The third-order valence-corrected chi connectivity index (χ3v) is 2.18. The Bertz CT molecular complexity index is 524. The van der Waals surface area contributed by atoms with E-state index in [0.717, 1.165) is 5.56 Å². The number of aromatic nitrogens is 4. The Kier molecular flexibility index (Phi) is 2.95. The molecule has 0 aliphatic rings. The molecule has 0 atom stereocenters. The third-order valence-electron chi connectivity index (χ3n) is 2.18. The highest BCUT2D eigenvalue weighted by Crippen LogP contribution is 2.25. The van der Waals surface area contributed by atoms with E-state index >= 15 is 0 Å². The Morgan fingerprint density at radius 3 is 3.00 bits per heavy atom. The maximum absolute atomic E-state index is 10.9. The lowest BCUT2D eigenvalue weighted by molar-refractivity contribution is -0.384. The molecular formula is C9H10N6O2. The first-order valence-electron chi connectivity index (χ1n) is 4.88. The summed E-state index contributed by atoms with van der Waals surface area (Å²) in [6.45, 7) is 2.08. The van der Waals surface area contributed by atoms with Crippen molar-refractivity contribution >= 4 is 11.4 Å². The van der Waals surface area contributed by atoms with Gasteiger partial charge in [-0.15, -0.1) is 10.2 Å². The summed E-state index contributed by atoms with van der Waals surface area (Å²) in [4.78, 5) is 10.4. The fourth-order valence-electron chi connectivity index (χ4n) is 1.37. The number of hydrogen-bond acceptors (Lipinski definition) is 6. The van der Waals surface area contributed by atoms with Crippen LogP contribution >= 0.6 is 0 Å². The van der Waals surface area contributed by atoms with E-state index in [2.05, 4.69) is 25.9 Å². The molecule has 0 saturated heterocycles. The van der Waals surface area contributed by atoms with E-state index in [1.807, 2.05) is 0 Å². The number of benzene rings is 1. The summed E-state index contributed by atoms with van der Waals surface area (Å²) < 4.78 is 0. The lowest BCUT2D eigenvalue weighted by Crippen LogP contribution is -2.04. The highest BCUT2D eigenvalue weighted by Gasteiger charge is 2.13. The van der Waals surface area contributed by atoms with Gasteiger partial charge in [0.2, 0.25) is 0 Å². The average Bonchev–Trinajstić information content (AvgIpc) is 2.80. The number of nitrogens with zero attached hydrogens (tertiary/aromatic N) is 4. The van der Waals surface area contributed by atoms with Crippen LogP contribution in [0.3, 0.4) is 0 Å². The maximum atomic E-state index is 10.9. The van der Waals surface area contributed by atoms with E-state index in [0.29, 0.717) is 11.5 Å². The molecule has 1 heterocycles. The number of H-pyrrole nitrogens is 1. The van der Waals surface area contributed by atoms with Crippen LogP contribution in [-0.4, -0.2) is 25.5 Å². The number of hydrogen-bond donors (Lipinski definition) is 2. The Morgan fingerprint density at radius 1 is 1.53 bits per heavy atom. The molecule has 0 saturated carbocycles. The summed E-state index contributed by atoms with van der Waals surface area (Å²) in [5.74, 6) is 0.444. The molecule has 0 amide bonds. The normalized spacial score (nSPS) is 10.2. The molecular weight excluding hydrogens is 224 g/mol. The van der Waals surface area contributed by atoms with Crippen LogP contribution in [0.2, 0.25) is 0 Å². The topological polar surface area (TPSA) is 110 Å². The first-order valence-corrected chi connectivity index (χ1v) is 4.88. The number of nitro groups is 1. The second-order valence-electron chi connectivity index (χ2n) is 3.46. The van der Waals surface area contributed by atoms with Gasteiger partial charge in [-0.05, 0) is 18.6 Å². The number of rotatable bonds is 4. The number of nitrogens with one attached hydrogen (secondary N) is 2. The minimum absolute atomic E-state index is 0.0356. The van der Waals surface area contributed by atoms with E-state index in [4.69, 9.17) is 0 Å². The van der Waals surface area contributed by atoms with E-state index in [1.165, 1.54) is 6.07 Å². The molecule has 2 N–H and O–H groups in total. The standard InChI is InChI=1S/C9H10N6O2/c1-6-2-3-7(8(4-6)15(16)17)10-5-9-11-13-14-12-9/h2-4,10H,5H2,1H3,(H,11,12,13,14). The fraction of sp³-hybridized carbons (Fsp3) is 0.222. The third kappa shape index (κ3) is 2.54. The molecule has 0 fully saturated rings. The van der Waals surface area contributed by atoms with Crippen LogP contribution in [0.4, 0.5) is 11.4 Å². The minimum atomic E-state index is -0.425. The van der Waals surface area contributed by atoms with Crippen LogP contribution < -0.4 is 5.32 Å². The molecule has 8 nitrogen and oxygen atoms in total. The van der Waals surface area contributed by atoms with Gasteiger partial charge in [-0.1, -0.05) is 11.3 Å². The maximum Gasteiger partial charge on any atom is 0.292 e. The van der Waals surface area contributed by atoms with Gasteiger partial charge in [-0.25, -0.2) is 0 Å². The van der Waals surface area contributed by atoms with Gasteiger partial charge >= 0.3 is 0 Å². The first-order chi connectivity index (χ1) is 8.16. The molecule has 0 unspecified atom stereocenters. The van der Waals surface area contributed by atoms with Gasteiger partial charge in [-0.2, -0.15) is 5.21 Å². The van der Waals surface area contributed by atoms with Crippen molar-refractivity contribution in [1.82, 2.24) is 20.6 Å². The zero-order chi connectivity index (χ0) is 12.3. The molecule has 0 aliphatic heterocycles. The van der Waals surface area contributed by atoms with E-state index in [-0.39, 0.29) is 12.2 Å². The predicted octanol–water partition coefficient (Wildman–Crippen LogP) is 1.03. The lowest BCUT2D eigenvalue weighted by atomic mass is 10.2. The molecule has 2 aromatic rings. The largest absolute Gasteiger partial charge is 0.372 e. The summed E-state index contributed by atoms with van der Waals surface area (Å²) in [7, 11) is 0. The number of nitro benzene ring substituents is 1. The smallest absolute Gasteiger partial charge is 0.292 e. The summed E-state index contributed by atoms with van der Waals surface area (Å²) in [6, 6.07) is 4.97. The first kappa shape index (κ1) is 11.0. The molecule has 2 rings (SSSR count). The van der Waals surface area contributed by atoms with Crippen LogP contribution in [0, 0.1) is 17.0 Å². The Balaban J connectivity index is 2.17. The molecule has 17 heavy (non-hydrogen) atoms. The van der Waals surface area contributed by atoms with Gasteiger partial charge in [0.25, 0.3) is 5.69 Å². The van der Waals surface area contributed by atoms with E-state index in [1.54, 1.807) is 19.1 Å². The molecule has 0 bridgehead atoms. The SMILES string of the molecule is Cc1ccc(NCc2nn[nH]n2)c([N+](=O)[O-])c1. The van der Waals surface area contributed by atoms with Gasteiger partial charge in [0.1, 0.15) is 5.69 Å². The fourth-order valence-corrected chi connectivity index (χ4v) is 1.37. The number of aromatic amines is 1. The number of tetrazole rings is 1. The zero-order valence-corrected chi connectivity index (χ0v) is 9.04. The molecule has 0 spiro atoms. The monoisotopic (exact) mass is 234 g/mol. The van der Waals surface area contributed by atoms with E-state index in [9.17, 15) is 10.1 Å². The Morgan fingerprint density at radius 2 is 2.35 bits per heavy atom. The van der Waals surface area contributed by atoms with Crippen molar-refractivity contribution in [1.29, 1.82) is 0 Å². The van der Waals surface area contributed by atoms with Crippen molar-refractivity contribution in [3.63, 3.8) is 0 Å². The van der Waals surface area contributed by atoms with Gasteiger partial charge in [0, 0.05) is 6.07 Å². The summed E-state index contributed by atoms with van der Waals surface area (Å²) >= 11 is 0. The molecule has 88 valence electrons. The minimum Gasteiger partial charge on any atom is -0.372 e. The van der Waals surface area contributed by atoms with Crippen molar-refractivity contribution in [2.45, 2.75) is 13.5 Å². The Hall–Kier alpha value is -2.51. The van der Waals surface area contributed by atoms with Crippen molar-refractivity contribution in [3.8, 4) is 0 Å².